The molecule has 1 saturated carbocycles. The molecule has 11 heteroatoms. The van der Waals surface area contributed by atoms with Crippen LogP contribution in [0.3, 0.4) is 0 Å². The highest BCUT2D eigenvalue weighted by molar-refractivity contribution is 6.16. The second-order valence-electron chi connectivity index (χ2n) is 9.29. The third-order valence-corrected chi connectivity index (χ3v) is 6.90. The van der Waals surface area contributed by atoms with Crippen LogP contribution in [-0.4, -0.2) is 32.3 Å². The summed E-state index contributed by atoms with van der Waals surface area (Å²) < 4.78 is 35.6. The molecule has 2 aromatic carbocycles. The topological polar surface area (TPSA) is 132 Å². The summed E-state index contributed by atoms with van der Waals surface area (Å²) in [5.74, 6) is -0.513. The predicted octanol–water partition coefficient (Wildman–Crippen LogP) is 4.76. The van der Waals surface area contributed by atoms with Crippen molar-refractivity contribution in [2.75, 3.05) is 18.2 Å². The fourth-order valence-corrected chi connectivity index (χ4v) is 5.03. The number of anilines is 2. The zero-order chi connectivity index (χ0) is 27.0. The minimum absolute atomic E-state index is 0.0256. The first-order valence-corrected chi connectivity index (χ1v) is 12.3. The molecule has 0 bridgehead atoms. The summed E-state index contributed by atoms with van der Waals surface area (Å²) in [6, 6.07) is 7.85. The predicted molar refractivity (Wildman–Crippen MR) is 141 cm³/mol. The lowest BCUT2D eigenvalue weighted by molar-refractivity contribution is 0.386. The van der Waals surface area contributed by atoms with E-state index in [1.165, 1.54) is 37.7 Å². The standard InChI is InChI=1S/C27H27F2N7O2/c1-14(26-35-19-9-5-8-17(28)21(19)27(37)36(26)16-6-3-4-7-16)34-25-22(24(31)32-13-33-25)23(30)15-10-11-20(38-2)18(29)12-15/h5,8-14,16,30H,3-4,6-7H2,1-2H3,(H3,31,32,33,34). The van der Waals surface area contributed by atoms with Crippen molar-refractivity contribution in [2.45, 2.75) is 44.7 Å². The molecule has 4 N–H and O–H groups in total. The summed E-state index contributed by atoms with van der Waals surface area (Å²) >= 11 is 0. The molecule has 9 nitrogen and oxygen atoms in total. The third-order valence-electron chi connectivity index (χ3n) is 6.90. The van der Waals surface area contributed by atoms with Crippen LogP contribution < -0.4 is 21.3 Å². The van der Waals surface area contributed by atoms with Gasteiger partial charge in [0.05, 0.1) is 29.9 Å². The van der Waals surface area contributed by atoms with Gasteiger partial charge in [0.1, 0.15) is 35.0 Å². The molecule has 2 aromatic heterocycles. The quantitative estimate of drug-likeness (QED) is 0.300. The van der Waals surface area contributed by atoms with Crippen molar-refractivity contribution >= 4 is 28.3 Å². The smallest absolute Gasteiger partial charge is 0.264 e. The Hall–Kier alpha value is -4.41. The van der Waals surface area contributed by atoms with Gasteiger partial charge < -0.3 is 15.8 Å². The molecule has 1 aliphatic rings. The molecule has 4 aromatic rings. The fraction of sp³-hybridized carbons (Fsp3) is 0.296. The van der Waals surface area contributed by atoms with Gasteiger partial charge >= 0.3 is 0 Å². The molecule has 5 rings (SSSR count). The average molecular weight is 520 g/mol. The van der Waals surface area contributed by atoms with Crippen LogP contribution in [0, 0.1) is 17.0 Å². The van der Waals surface area contributed by atoms with E-state index in [1.807, 2.05) is 0 Å². The van der Waals surface area contributed by atoms with Crippen LogP contribution >= 0.6 is 0 Å². The Kier molecular flexibility index (Phi) is 6.75. The number of hydrogen-bond donors (Lipinski definition) is 3. The van der Waals surface area contributed by atoms with E-state index in [0.29, 0.717) is 5.82 Å². The Labute approximate surface area is 217 Å². The lowest BCUT2D eigenvalue weighted by Crippen LogP contribution is -2.31. The molecule has 38 heavy (non-hydrogen) atoms. The van der Waals surface area contributed by atoms with Crippen LogP contribution in [0.5, 0.6) is 5.75 Å². The number of ether oxygens (including phenoxy) is 1. The first kappa shape index (κ1) is 25.2. The maximum atomic E-state index is 14.7. The van der Waals surface area contributed by atoms with Crippen LogP contribution in [0.1, 0.15) is 61.6 Å². The fourth-order valence-electron chi connectivity index (χ4n) is 5.03. The number of fused-ring (bicyclic) bond motifs is 1. The normalized spacial score (nSPS) is 14.5. The van der Waals surface area contributed by atoms with Gasteiger partial charge in [-0.15, -0.1) is 0 Å². The molecule has 0 amide bonds. The Morgan fingerprint density at radius 2 is 1.95 bits per heavy atom. The lowest BCUT2D eigenvalue weighted by atomic mass is 10.0. The van der Waals surface area contributed by atoms with Gasteiger partial charge in [0.15, 0.2) is 11.6 Å². The summed E-state index contributed by atoms with van der Waals surface area (Å²) in [6.45, 7) is 1.80. The summed E-state index contributed by atoms with van der Waals surface area (Å²) in [5.41, 5.74) is 6.32. The largest absolute Gasteiger partial charge is 0.494 e. The van der Waals surface area contributed by atoms with Crippen molar-refractivity contribution in [3.05, 3.63) is 81.7 Å². The van der Waals surface area contributed by atoms with Gasteiger partial charge in [0.2, 0.25) is 0 Å². The van der Waals surface area contributed by atoms with Crippen LogP contribution in [0.2, 0.25) is 0 Å². The number of rotatable bonds is 7. The Balaban J connectivity index is 1.58. The number of nitrogens with one attached hydrogen (secondary N) is 2. The molecular weight excluding hydrogens is 492 g/mol. The van der Waals surface area contributed by atoms with Crippen molar-refractivity contribution in [3.8, 4) is 5.75 Å². The lowest BCUT2D eigenvalue weighted by Gasteiger charge is -2.24. The Bertz CT molecular complexity index is 1600. The van der Waals surface area contributed by atoms with Gasteiger partial charge in [-0.05, 0) is 50.1 Å². The zero-order valence-electron chi connectivity index (χ0n) is 21.0. The molecule has 1 unspecified atom stereocenters. The van der Waals surface area contributed by atoms with Crippen molar-refractivity contribution in [1.82, 2.24) is 19.5 Å². The molecule has 1 fully saturated rings. The number of benzene rings is 2. The minimum atomic E-state index is -0.624. The van der Waals surface area contributed by atoms with E-state index in [4.69, 9.17) is 20.9 Å². The number of hydrogen-bond acceptors (Lipinski definition) is 8. The van der Waals surface area contributed by atoms with Crippen molar-refractivity contribution in [1.29, 1.82) is 5.41 Å². The number of nitrogens with two attached hydrogens (primary N) is 1. The number of halogens is 2. The van der Waals surface area contributed by atoms with Gasteiger partial charge in [-0.2, -0.15) is 0 Å². The van der Waals surface area contributed by atoms with E-state index in [2.05, 4.69) is 15.3 Å². The van der Waals surface area contributed by atoms with Gasteiger partial charge in [0.25, 0.3) is 5.56 Å². The summed E-state index contributed by atoms with van der Waals surface area (Å²) in [7, 11) is 1.36. The van der Waals surface area contributed by atoms with Crippen LogP contribution in [0.25, 0.3) is 10.9 Å². The number of nitrogen functional groups attached to an aromatic ring is 1. The molecular formula is C27H27F2N7O2. The highest BCUT2D eigenvalue weighted by atomic mass is 19.1. The van der Waals surface area contributed by atoms with Crippen molar-refractivity contribution < 1.29 is 13.5 Å². The molecule has 1 aliphatic carbocycles. The molecule has 196 valence electrons. The van der Waals surface area contributed by atoms with E-state index in [-0.39, 0.29) is 51.2 Å². The van der Waals surface area contributed by atoms with Gasteiger partial charge in [0, 0.05) is 11.6 Å². The SMILES string of the molecule is COc1ccc(C(=N)c2c(N)ncnc2NC(C)c2nc3cccc(F)c3c(=O)n2C2CCCC2)cc1F. The van der Waals surface area contributed by atoms with Crippen molar-refractivity contribution in [3.63, 3.8) is 0 Å². The molecule has 0 radical (unpaired) electrons. The zero-order valence-corrected chi connectivity index (χ0v) is 21.0. The van der Waals surface area contributed by atoms with Gasteiger partial charge in [-0.1, -0.05) is 18.9 Å². The number of methoxy groups -OCH3 is 1. The third kappa shape index (κ3) is 4.44. The molecule has 0 aliphatic heterocycles. The van der Waals surface area contributed by atoms with E-state index in [1.54, 1.807) is 23.6 Å². The Morgan fingerprint density at radius 3 is 2.66 bits per heavy atom. The number of nitrogens with zero attached hydrogens (tertiary/aromatic N) is 4. The van der Waals surface area contributed by atoms with Gasteiger partial charge in [-0.25, -0.2) is 23.7 Å². The molecule has 2 heterocycles. The molecule has 0 saturated heterocycles. The first-order chi connectivity index (χ1) is 18.3. The second kappa shape index (κ2) is 10.2. The van der Waals surface area contributed by atoms with Crippen molar-refractivity contribution in [2.24, 2.45) is 0 Å². The van der Waals surface area contributed by atoms with Crippen LogP contribution in [0.15, 0.2) is 47.5 Å². The molecule has 0 spiro atoms. The average Bonchev–Trinajstić information content (AvgIpc) is 3.42. The van der Waals surface area contributed by atoms with E-state index < -0.39 is 23.2 Å². The monoisotopic (exact) mass is 519 g/mol. The first-order valence-electron chi connectivity index (χ1n) is 12.3. The highest BCUT2D eigenvalue weighted by Gasteiger charge is 2.27. The Morgan fingerprint density at radius 1 is 1.18 bits per heavy atom. The second-order valence-corrected chi connectivity index (χ2v) is 9.29. The highest BCUT2D eigenvalue weighted by Crippen LogP contribution is 2.33. The van der Waals surface area contributed by atoms with Crippen LogP contribution in [-0.2, 0) is 0 Å². The molecule has 1 atom stereocenters. The van der Waals surface area contributed by atoms with E-state index in [9.17, 15) is 13.6 Å². The summed E-state index contributed by atoms with van der Waals surface area (Å²) in [4.78, 5) is 26.6. The van der Waals surface area contributed by atoms with Crippen LogP contribution in [0.4, 0.5) is 20.4 Å². The number of aromatic nitrogens is 4. The maximum absolute atomic E-state index is 14.7. The maximum Gasteiger partial charge on any atom is 0.264 e. The van der Waals surface area contributed by atoms with E-state index >= 15 is 0 Å². The van der Waals surface area contributed by atoms with E-state index in [0.717, 1.165) is 25.7 Å². The van der Waals surface area contributed by atoms with Gasteiger partial charge in [-0.3, -0.25) is 14.8 Å². The summed E-state index contributed by atoms with van der Waals surface area (Å²) in [5, 5.41) is 11.9. The summed E-state index contributed by atoms with van der Waals surface area (Å²) in [6.07, 6.45) is 4.77. The minimum Gasteiger partial charge on any atom is -0.494 e.